The van der Waals surface area contributed by atoms with E-state index in [1.54, 1.807) is 6.07 Å². The number of anilines is 1. The third-order valence-corrected chi connectivity index (χ3v) is 6.89. The van der Waals surface area contributed by atoms with Crippen molar-refractivity contribution in [3.63, 3.8) is 0 Å². The number of amides is 1. The number of hydrogen-bond donors (Lipinski definition) is 1. The number of rotatable bonds is 7. The topological polar surface area (TPSA) is 53.4 Å². The lowest BCUT2D eigenvalue weighted by molar-refractivity contribution is 0.0942. The molecule has 3 aromatic rings. The average molecular weight is 486 g/mol. The fraction of sp³-hybridized carbons (Fsp3) is 0.360. The van der Waals surface area contributed by atoms with Crippen molar-refractivity contribution in [1.82, 2.24) is 19.8 Å². The number of halogens is 2. The monoisotopic (exact) mass is 485 g/mol. The standard InChI is InChI=1S/C25H29Cl2N5O/c1-3-22-29-24(18(2)32(22)19-8-5-4-6-9-19)25(33)28-12-13-30-14-16-31(17-15-30)21-11-7-10-20(26)23(21)27/h4-11H,3,12-17H2,1-2H3,(H,28,33). The molecular formula is C25H29Cl2N5O. The first kappa shape index (κ1) is 23.6. The van der Waals surface area contributed by atoms with E-state index in [4.69, 9.17) is 23.2 Å². The van der Waals surface area contributed by atoms with E-state index in [0.29, 0.717) is 22.3 Å². The molecule has 0 unspecified atom stereocenters. The summed E-state index contributed by atoms with van der Waals surface area (Å²) in [6.07, 6.45) is 0.754. The maximum absolute atomic E-state index is 12.9. The van der Waals surface area contributed by atoms with Crippen molar-refractivity contribution in [2.75, 3.05) is 44.2 Å². The van der Waals surface area contributed by atoms with Crippen molar-refractivity contribution in [2.45, 2.75) is 20.3 Å². The van der Waals surface area contributed by atoms with Crippen LogP contribution in [0.1, 0.15) is 28.9 Å². The number of benzene rings is 2. The van der Waals surface area contributed by atoms with Gasteiger partial charge in [0.2, 0.25) is 0 Å². The Kier molecular flexibility index (Phi) is 7.58. The van der Waals surface area contributed by atoms with Crippen molar-refractivity contribution in [3.05, 3.63) is 75.8 Å². The normalized spacial score (nSPS) is 14.5. The number of para-hydroxylation sites is 1. The number of carbonyl (C=O) groups excluding carboxylic acids is 1. The molecule has 8 heteroatoms. The van der Waals surface area contributed by atoms with Gasteiger partial charge in [-0.2, -0.15) is 0 Å². The number of imidazole rings is 1. The molecule has 1 aromatic heterocycles. The quantitative estimate of drug-likeness (QED) is 0.531. The largest absolute Gasteiger partial charge is 0.368 e. The Morgan fingerprint density at radius 1 is 1.03 bits per heavy atom. The van der Waals surface area contributed by atoms with E-state index in [9.17, 15) is 4.79 Å². The van der Waals surface area contributed by atoms with Crippen LogP contribution < -0.4 is 10.2 Å². The van der Waals surface area contributed by atoms with Gasteiger partial charge >= 0.3 is 0 Å². The zero-order chi connectivity index (χ0) is 23.4. The van der Waals surface area contributed by atoms with E-state index in [1.165, 1.54) is 0 Å². The summed E-state index contributed by atoms with van der Waals surface area (Å²) in [4.78, 5) is 22.1. The summed E-state index contributed by atoms with van der Waals surface area (Å²) in [6.45, 7) is 8.93. The van der Waals surface area contributed by atoms with Crippen molar-refractivity contribution in [2.24, 2.45) is 0 Å². The second-order valence-corrected chi connectivity index (χ2v) is 8.93. The zero-order valence-corrected chi connectivity index (χ0v) is 20.5. The van der Waals surface area contributed by atoms with Gasteiger partial charge in [-0.1, -0.05) is 54.4 Å². The Morgan fingerprint density at radius 3 is 2.45 bits per heavy atom. The van der Waals surface area contributed by atoms with Gasteiger partial charge in [-0.3, -0.25) is 9.69 Å². The summed E-state index contributed by atoms with van der Waals surface area (Å²) in [5, 5.41) is 4.24. The van der Waals surface area contributed by atoms with Crippen LogP contribution in [-0.4, -0.2) is 59.6 Å². The van der Waals surface area contributed by atoms with Crippen LogP contribution in [0.2, 0.25) is 10.0 Å². The molecule has 1 saturated heterocycles. The predicted molar refractivity (Wildman–Crippen MR) is 135 cm³/mol. The highest BCUT2D eigenvalue weighted by Crippen LogP contribution is 2.32. The molecule has 174 valence electrons. The van der Waals surface area contributed by atoms with Crippen molar-refractivity contribution in [1.29, 1.82) is 0 Å². The molecule has 0 bridgehead atoms. The lowest BCUT2D eigenvalue weighted by atomic mass is 10.2. The van der Waals surface area contributed by atoms with Crippen molar-refractivity contribution in [3.8, 4) is 5.69 Å². The maximum atomic E-state index is 12.9. The van der Waals surface area contributed by atoms with E-state index >= 15 is 0 Å². The van der Waals surface area contributed by atoms with E-state index in [-0.39, 0.29) is 5.91 Å². The molecule has 0 spiro atoms. The van der Waals surface area contributed by atoms with Crippen molar-refractivity contribution < 1.29 is 4.79 Å². The molecule has 1 amide bonds. The Bertz CT molecular complexity index is 1110. The highest BCUT2D eigenvalue weighted by molar-refractivity contribution is 6.43. The van der Waals surface area contributed by atoms with Crippen LogP contribution in [0.15, 0.2) is 48.5 Å². The maximum Gasteiger partial charge on any atom is 0.271 e. The van der Waals surface area contributed by atoms with Crippen LogP contribution in [0.3, 0.4) is 0 Å². The lowest BCUT2D eigenvalue weighted by Crippen LogP contribution is -2.48. The van der Waals surface area contributed by atoms with Gasteiger partial charge in [-0.15, -0.1) is 0 Å². The SMILES string of the molecule is CCc1nc(C(=O)NCCN2CCN(c3cccc(Cl)c3Cl)CC2)c(C)n1-c1ccccc1. The fourth-order valence-electron chi connectivity index (χ4n) is 4.29. The Hall–Kier alpha value is -2.54. The number of hydrogen-bond acceptors (Lipinski definition) is 4. The Labute approximate surface area is 205 Å². The predicted octanol–water partition coefficient (Wildman–Crippen LogP) is 4.60. The van der Waals surface area contributed by atoms with Crippen LogP contribution in [0, 0.1) is 6.92 Å². The first-order chi connectivity index (χ1) is 16.0. The molecule has 0 radical (unpaired) electrons. The van der Waals surface area contributed by atoms with Gasteiger partial charge in [-0.25, -0.2) is 4.98 Å². The highest BCUT2D eigenvalue weighted by atomic mass is 35.5. The number of nitrogens with one attached hydrogen (secondary N) is 1. The molecule has 1 aliphatic rings. The Morgan fingerprint density at radius 2 is 1.76 bits per heavy atom. The van der Waals surface area contributed by atoms with Crippen LogP contribution in [-0.2, 0) is 6.42 Å². The lowest BCUT2D eigenvalue weighted by Gasteiger charge is -2.36. The molecule has 0 aliphatic carbocycles. The molecule has 1 fully saturated rings. The molecule has 2 heterocycles. The second kappa shape index (κ2) is 10.6. The first-order valence-electron chi connectivity index (χ1n) is 11.3. The van der Waals surface area contributed by atoms with Gasteiger partial charge in [-0.05, 0) is 31.2 Å². The third-order valence-electron chi connectivity index (χ3n) is 6.08. The fourth-order valence-corrected chi connectivity index (χ4v) is 4.71. The molecule has 0 saturated carbocycles. The molecule has 1 N–H and O–H groups in total. The summed E-state index contributed by atoms with van der Waals surface area (Å²) in [5.41, 5.74) is 3.36. The van der Waals surface area contributed by atoms with E-state index < -0.39 is 0 Å². The number of carbonyl (C=O) groups is 1. The minimum Gasteiger partial charge on any atom is -0.368 e. The minimum absolute atomic E-state index is 0.124. The molecule has 33 heavy (non-hydrogen) atoms. The van der Waals surface area contributed by atoms with Gasteiger partial charge in [0, 0.05) is 51.4 Å². The molecular weight excluding hydrogens is 457 g/mol. The summed E-state index contributed by atoms with van der Waals surface area (Å²) >= 11 is 12.5. The Balaban J connectivity index is 1.32. The van der Waals surface area contributed by atoms with Crippen LogP contribution >= 0.6 is 23.2 Å². The van der Waals surface area contributed by atoms with Gasteiger partial charge in [0.25, 0.3) is 5.91 Å². The van der Waals surface area contributed by atoms with Gasteiger partial charge < -0.3 is 14.8 Å². The van der Waals surface area contributed by atoms with Gasteiger partial charge in [0.15, 0.2) is 0 Å². The van der Waals surface area contributed by atoms with Gasteiger partial charge in [0.05, 0.1) is 21.4 Å². The molecule has 2 aromatic carbocycles. The van der Waals surface area contributed by atoms with Crippen molar-refractivity contribution >= 4 is 34.8 Å². The first-order valence-corrected chi connectivity index (χ1v) is 12.1. The van der Waals surface area contributed by atoms with Crippen LogP contribution in [0.4, 0.5) is 5.69 Å². The smallest absolute Gasteiger partial charge is 0.271 e. The minimum atomic E-state index is -0.124. The number of piperazine rings is 1. The van der Waals surface area contributed by atoms with Crippen LogP contribution in [0.25, 0.3) is 5.69 Å². The number of nitrogens with zero attached hydrogens (tertiary/aromatic N) is 4. The molecule has 4 rings (SSSR count). The summed E-state index contributed by atoms with van der Waals surface area (Å²) in [7, 11) is 0. The van der Waals surface area contributed by atoms with Gasteiger partial charge in [0.1, 0.15) is 11.5 Å². The zero-order valence-electron chi connectivity index (χ0n) is 19.0. The molecule has 6 nitrogen and oxygen atoms in total. The average Bonchev–Trinajstić information content (AvgIpc) is 3.18. The number of aromatic nitrogens is 2. The van der Waals surface area contributed by atoms with E-state index in [0.717, 1.165) is 62.0 Å². The second-order valence-electron chi connectivity index (χ2n) is 8.14. The summed E-state index contributed by atoms with van der Waals surface area (Å²) in [6, 6.07) is 15.8. The summed E-state index contributed by atoms with van der Waals surface area (Å²) in [5.74, 6) is 0.765. The number of aryl methyl sites for hydroxylation is 1. The molecule has 1 aliphatic heterocycles. The van der Waals surface area contributed by atoms with E-state index in [2.05, 4.69) is 31.6 Å². The molecule has 0 atom stereocenters. The summed E-state index contributed by atoms with van der Waals surface area (Å²) < 4.78 is 2.06. The van der Waals surface area contributed by atoms with E-state index in [1.807, 2.05) is 49.4 Å². The third kappa shape index (κ3) is 5.18. The van der Waals surface area contributed by atoms with Crippen LogP contribution in [0.5, 0.6) is 0 Å². The highest BCUT2D eigenvalue weighted by Gasteiger charge is 2.22.